The molecule has 0 bridgehead atoms. The maximum absolute atomic E-state index is 12.4. The first-order chi connectivity index (χ1) is 11.6. The molecule has 5 heteroatoms. The van der Waals surface area contributed by atoms with Gasteiger partial charge in [-0.3, -0.25) is 4.79 Å². The highest BCUT2D eigenvalue weighted by Gasteiger charge is 2.20. The van der Waals surface area contributed by atoms with Gasteiger partial charge in [-0.1, -0.05) is 43.0 Å². The largest absolute Gasteiger partial charge is 0.487 e. The summed E-state index contributed by atoms with van der Waals surface area (Å²) in [4.78, 5) is 16.5. The van der Waals surface area contributed by atoms with E-state index in [1.54, 1.807) is 25.1 Å². The van der Waals surface area contributed by atoms with Crippen molar-refractivity contribution >= 4 is 5.91 Å². The van der Waals surface area contributed by atoms with Crippen LogP contribution >= 0.6 is 0 Å². The van der Waals surface area contributed by atoms with Crippen LogP contribution in [0.4, 0.5) is 0 Å². The molecule has 1 heterocycles. The Labute approximate surface area is 142 Å². The number of amides is 1. The average molecular weight is 326 g/mol. The van der Waals surface area contributed by atoms with Gasteiger partial charge in [-0.15, -0.1) is 0 Å². The van der Waals surface area contributed by atoms with Crippen molar-refractivity contribution in [2.45, 2.75) is 25.5 Å². The molecule has 126 valence electrons. The predicted octanol–water partition coefficient (Wildman–Crippen LogP) is 2.37. The Balaban J connectivity index is 1.99. The molecule has 2 atom stereocenters. The van der Waals surface area contributed by atoms with Crippen LogP contribution in [-0.4, -0.2) is 34.8 Å². The minimum Gasteiger partial charge on any atom is -0.487 e. The monoisotopic (exact) mass is 326 g/mol. The second kappa shape index (κ2) is 8.84. The number of ether oxygens (including phenoxy) is 1. The van der Waals surface area contributed by atoms with Crippen molar-refractivity contribution in [2.24, 2.45) is 0 Å². The van der Waals surface area contributed by atoms with Gasteiger partial charge >= 0.3 is 0 Å². The summed E-state index contributed by atoms with van der Waals surface area (Å²) in [5.41, 5.74) is 1.21. The molecule has 24 heavy (non-hydrogen) atoms. The van der Waals surface area contributed by atoms with E-state index >= 15 is 0 Å². The molecule has 0 saturated carbocycles. The second-order valence-corrected chi connectivity index (χ2v) is 5.47. The summed E-state index contributed by atoms with van der Waals surface area (Å²) in [5, 5.41) is 13.1. The Kier molecular flexibility index (Phi) is 6.51. The number of carbonyl (C=O) groups excluding carboxylic acids is 1. The molecule has 2 N–H and O–H groups in total. The van der Waals surface area contributed by atoms with Gasteiger partial charge in [0.25, 0.3) is 5.91 Å². The molecule has 0 radical (unpaired) electrons. The molecule has 0 aliphatic rings. The molecule has 0 saturated heterocycles. The summed E-state index contributed by atoms with van der Waals surface area (Å²) in [6.45, 7) is 5.64. The van der Waals surface area contributed by atoms with E-state index in [0.29, 0.717) is 12.2 Å². The van der Waals surface area contributed by atoms with Crippen LogP contribution in [-0.2, 0) is 6.42 Å². The number of hydrogen-bond acceptors (Lipinski definition) is 4. The molecule has 1 amide bonds. The highest BCUT2D eigenvalue weighted by Crippen LogP contribution is 2.16. The van der Waals surface area contributed by atoms with Crippen molar-refractivity contribution in [3.8, 4) is 5.75 Å². The van der Waals surface area contributed by atoms with Crippen LogP contribution in [0.5, 0.6) is 5.75 Å². The Morgan fingerprint density at radius 1 is 1.33 bits per heavy atom. The van der Waals surface area contributed by atoms with Crippen LogP contribution in [0.3, 0.4) is 0 Å². The third kappa shape index (κ3) is 4.93. The van der Waals surface area contributed by atoms with Gasteiger partial charge in [0.05, 0.1) is 12.1 Å². The van der Waals surface area contributed by atoms with Gasteiger partial charge in [-0.2, -0.15) is 0 Å². The lowest BCUT2D eigenvalue weighted by Gasteiger charge is -2.20. The molecule has 2 unspecified atom stereocenters. The number of aromatic nitrogens is 1. The maximum Gasteiger partial charge on any atom is 0.274 e. The first-order valence-electron chi connectivity index (χ1n) is 7.83. The van der Waals surface area contributed by atoms with Gasteiger partial charge in [-0.25, -0.2) is 4.98 Å². The minimum atomic E-state index is -0.697. The highest BCUT2D eigenvalue weighted by atomic mass is 16.5. The lowest BCUT2D eigenvalue weighted by molar-refractivity contribution is 0.0843. The Bertz CT molecular complexity index is 673. The zero-order valence-corrected chi connectivity index (χ0v) is 13.7. The molecule has 5 nitrogen and oxygen atoms in total. The Hall–Kier alpha value is -2.66. The molecular weight excluding hydrogens is 304 g/mol. The van der Waals surface area contributed by atoms with Gasteiger partial charge in [0, 0.05) is 12.6 Å². The molecule has 0 aliphatic carbocycles. The smallest absolute Gasteiger partial charge is 0.274 e. The third-order valence-corrected chi connectivity index (χ3v) is 3.57. The van der Waals surface area contributed by atoms with Crippen molar-refractivity contribution in [1.82, 2.24) is 10.3 Å². The van der Waals surface area contributed by atoms with Crippen LogP contribution in [0, 0.1) is 0 Å². The number of aliphatic hydroxyl groups excluding tert-OH is 1. The van der Waals surface area contributed by atoms with Gasteiger partial charge < -0.3 is 15.2 Å². The number of pyridine rings is 1. The van der Waals surface area contributed by atoms with E-state index in [4.69, 9.17) is 4.74 Å². The fourth-order valence-corrected chi connectivity index (χ4v) is 2.23. The van der Waals surface area contributed by atoms with Crippen molar-refractivity contribution in [3.05, 3.63) is 72.6 Å². The zero-order chi connectivity index (χ0) is 17.4. The first-order valence-corrected chi connectivity index (χ1v) is 7.83. The Morgan fingerprint density at radius 2 is 2.08 bits per heavy atom. The molecule has 2 aromatic rings. The van der Waals surface area contributed by atoms with E-state index in [0.717, 1.165) is 5.56 Å². The van der Waals surface area contributed by atoms with Crippen molar-refractivity contribution in [2.75, 3.05) is 6.61 Å². The molecule has 0 aliphatic heterocycles. The quantitative estimate of drug-likeness (QED) is 0.731. The van der Waals surface area contributed by atoms with Crippen LogP contribution < -0.4 is 10.1 Å². The highest BCUT2D eigenvalue weighted by molar-refractivity contribution is 5.95. The van der Waals surface area contributed by atoms with Crippen LogP contribution in [0.15, 0.2) is 61.3 Å². The fourth-order valence-electron chi connectivity index (χ4n) is 2.23. The normalized spacial score (nSPS) is 12.9. The number of nitrogens with zero attached hydrogens (tertiary/aromatic N) is 1. The molecule has 0 spiro atoms. The first kappa shape index (κ1) is 17.7. The summed E-state index contributed by atoms with van der Waals surface area (Å²) in [6, 6.07) is 12.6. The summed E-state index contributed by atoms with van der Waals surface area (Å²) in [5.74, 6) is 0.00826. The van der Waals surface area contributed by atoms with Crippen molar-refractivity contribution in [3.63, 3.8) is 0 Å². The van der Waals surface area contributed by atoms with Gasteiger partial charge in [0.2, 0.25) is 0 Å². The van der Waals surface area contributed by atoms with E-state index < -0.39 is 12.1 Å². The molecule has 1 aromatic heterocycles. The van der Waals surface area contributed by atoms with Crippen LogP contribution in [0.25, 0.3) is 0 Å². The summed E-state index contributed by atoms with van der Waals surface area (Å²) >= 11 is 0. The maximum atomic E-state index is 12.4. The Morgan fingerprint density at radius 3 is 2.79 bits per heavy atom. The predicted molar refractivity (Wildman–Crippen MR) is 93.0 cm³/mol. The number of hydrogen-bond donors (Lipinski definition) is 2. The lowest BCUT2D eigenvalue weighted by Crippen LogP contribution is -2.42. The topological polar surface area (TPSA) is 71.5 Å². The van der Waals surface area contributed by atoms with Gasteiger partial charge in [-0.05, 0) is 24.6 Å². The van der Waals surface area contributed by atoms with Crippen LogP contribution in [0.2, 0.25) is 0 Å². The second-order valence-electron chi connectivity index (χ2n) is 5.47. The fraction of sp³-hybridized carbons (Fsp3) is 0.263. The number of rotatable bonds is 8. The third-order valence-electron chi connectivity index (χ3n) is 3.57. The number of benzene rings is 1. The number of aliphatic hydroxyl groups is 1. The molecule has 0 fully saturated rings. The number of carbonyl (C=O) groups is 1. The van der Waals surface area contributed by atoms with E-state index in [2.05, 4.69) is 16.9 Å². The number of nitrogens with one attached hydrogen (secondary N) is 1. The zero-order valence-electron chi connectivity index (χ0n) is 13.7. The minimum absolute atomic E-state index is 0.193. The van der Waals surface area contributed by atoms with Crippen LogP contribution in [0.1, 0.15) is 23.0 Å². The SMILES string of the molecule is C=CCOc1cccnc1C(=O)NC(C)C(O)Cc1ccccc1. The van der Waals surface area contributed by atoms with E-state index in [-0.39, 0.29) is 18.2 Å². The average Bonchev–Trinajstić information content (AvgIpc) is 2.61. The molecular formula is C19H22N2O3. The van der Waals surface area contributed by atoms with E-state index in [1.807, 2.05) is 30.3 Å². The molecule has 1 aromatic carbocycles. The molecule has 2 rings (SSSR count). The summed E-state index contributed by atoms with van der Waals surface area (Å²) in [7, 11) is 0. The van der Waals surface area contributed by atoms with E-state index in [1.165, 1.54) is 6.20 Å². The lowest BCUT2D eigenvalue weighted by atomic mass is 10.0. The van der Waals surface area contributed by atoms with Crippen molar-refractivity contribution in [1.29, 1.82) is 0 Å². The summed E-state index contributed by atoms with van der Waals surface area (Å²) in [6.07, 6.45) is 2.89. The van der Waals surface area contributed by atoms with Gasteiger partial charge in [0.1, 0.15) is 6.61 Å². The summed E-state index contributed by atoms with van der Waals surface area (Å²) < 4.78 is 5.44. The van der Waals surface area contributed by atoms with E-state index in [9.17, 15) is 9.90 Å². The van der Waals surface area contributed by atoms with Crippen molar-refractivity contribution < 1.29 is 14.6 Å². The standard InChI is InChI=1S/C19H22N2O3/c1-3-12-24-17-10-7-11-20-18(17)19(23)21-14(2)16(22)13-15-8-5-4-6-9-15/h3-11,14,16,22H,1,12-13H2,2H3,(H,21,23). The van der Waals surface area contributed by atoms with Gasteiger partial charge in [0.15, 0.2) is 11.4 Å².